The van der Waals surface area contributed by atoms with E-state index < -0.39 is 0 Å². The number of alkyl halides is 1. The number of nitrogens with one attached hydrogen (secondary N) is 1. The van der Waals surface area contributed by atoms with Gasteiger partial charge in [-0.1, -0.05) is 59.3 Å². The number of H-pyrrole nitrogens is 1. The fraction of sp³-hybridized carbons (Fsp3) is 0.211. The molecule has 0 aliphatic carbocycles. The lowest BCUT2D eigenvalue weighted by molar-refractivity contribution is 0.309. The summed E-state index contributed by atoms with van der Waals surface area (Å²) in [5.74, 6) is 1.05. The van der Waals surface area contributed by atoms with Crippen molar-refractivity contribution in [2.24, 2.45) is 0 Å². The SMILES string of the molecule is CC(CBr)c1ccc(OCc2ccccc2)c2[nH]c(=O)ccc12. The zero-order valence-electron chi connectivity index (χ0n) is 12.9. The second kappa shape index (κ2) is 7.01. The highest BCUT2D eigenvalue weighted by Crippen LogP contribution is 2.31. The minimum atomic E-state index is -0.120. The third-order valence-corrected chi connectivity index (χ3v) is 4.86. The second-order valence-electron chi connectivity index (χ2n) is 5.59. The molecule has 0 aliphatic rings. The first kappa shape index (κ1) is 15.8. The van der Waals surface area contributed by atoms with Gasteiger partial charge in [0.05, 0.1) is 5.52 Å². The van der Waals surface area contributed by atoms with Crippen LogP contribution in [0.15, 0.2) is 59.4 Å². The van der Waals surface area contributed by atoms with E-state index in [2.05, 4.69) is 33.9 Å². The van der Waals surface area contributed by atoms with E-state index >= 15 is 0 Å². The van der Waals surface area contributed by atoms with Gasteiger partial charge in [-0.05, 0) is 29.2 Å². The minimum absolute atomic E-state index is 0.120. The largest absolute Gasteiger partial charge is 0.487 e. The Morgan fingerprint density at radius 2 is 1.87 bits per heavy atom. The lowest BCUT2D eigenvalue weighted by Gasteiger charge is -2.15. The topological polar surface area (TPSA) is 42.1 Å². The van der Waals surface area contributed by atoms with Crippen molar-refractivity contribution >= 4 is 26.8 Å². The molecule has 1 heterocycles. The number of hydrogen-bond donors (Lipinski definition) is 1. The Labute approximate surface area is 143 Å². The molecule has 0 saturated heterocycles. The predicted molar refractivity (Wildman–Crippen MR) is 97.6 cm³/mol. The number of aromatic amines is 1. The zero-order chi connectivity index (χ0) is 16.2. The Hall–Kier alpha value is -2.07. The lowest BCUT2D eigenvalue weighted by Crippen LogP contribution is -2.07. The standard InChI is InChI=1S/C19H18BrNO2/c1-13(11-20)15-7-9-17(19-16(15)8-10-18(22)21-19)23-12-14-5-3-2-4-6-14/h2-10,13H,11-12H2,1H3,(H,21,22). The Kier molecular flexibility index (Phi) is 4.82. The number of fused-ring (bicyclic) bond motifs is 1. The van der Waals surface area contributed by atoms with Gasteiger partial charge in [0.15, 0.2) is 0 Å². The summed E-state index contributed by atoms with van der Waals surface area (Å²) in [6, 6.07) is 17.4. The number of pyridine rings is 1. The van der Waals surface area contributed by atoms with E-state index in [9.17, 15) is 4.79 Å². The molecule has 3 nitrogen and oxygen atoms in total. The van der Waals surface area contributed by atoms with Crippen LogP contribution in [0.1, 0.15) is 24.0 Å². The summed E-state index contributed by atoms with van der Waals surface area (Å²) in [6.07, 6.45) is 0. The molecule has 4 heteroatoms. The van der Waals surface area contributed by atoms with Crippen molar-refractivity contribution in [2.75, 3.05) is 5.33 Å². The van der Waals surface area contributed by atoms with Crippen molar-refractivity contribution in [1.29, 1.82) is 0 Å². The van der Waals surface area contributed by atoms with Gasteiger partial charge in [-0.3, -0.25) is 4.79 Å². The molecule has 0 bridgehead atoms. The smallest absolute Gasteiger partial charge is 0.248 e. The highest BCUT2D eigenvalue weighted by atomic mass is 79.9. The number of halogens is 1. The highest BCUT2D eigenvalue weighted by molar-refractivity contribution is 9.09. The molecule has 0 spiro atoms. The van der Waals surface area contributed by atoms with Crippen LogP contribution in [0.4, 0.5) is 0 Å². The third kappa shape index (κ3) is 3.48. The molecule has 0 amide bonds. The van der Waals surface area contributed by atoms with Gasteiger partial charge in [-0.2, -0.15) is 0 Å². The first-order valence-corrected chi connectivity index (χ1v) is 8.70. The molecule has 1 unspecified atom stereocenters. The van der Waals surface area contributed by atoms with Crippen molar-refractivity contribution in [2.45, 2.75) is 19.4 Å². The summed E-state index contributed by atoms with van der Waals surface area (Å²) in [7, 11) is 0. The Balaban J connectivity index is 2.00. The normalized spacial score (nSPS) is 12.3. The molecule has 118 valence electrons. The Morgan fingerprint density at radius 1 is 1.09 bits per heavy atom. The fourth-order valence-corrected chi connectivity index (χ4v) is 2.97. The molecule has 0 fully saturated rings. The van der Waals surface area contributed by atoms with Crippen LogP contribution in [-0.4, -0.2) is 10.3 Å². The second-order valence-corrected chi connectivity index (χ2v) is 6.24. The summed E-state index contributed by atoms with van der Waals surface area (Å²) in [5.41, 5.74) is 2.93. The van der Waals surface area contributed by atoms with E-state index in [0.29, 0.717) is 18.3 Å². The van der Waals surface area contributed by atoms with Crippen LogP contribution in [0.2, 0.25) is 0 Å². The maximum Gasteiger partial charge on any atom is 0.248 e. The van der Waals surface area contributed by atoms with Crippen molar-refractivity contribution in [3.05, 3.63) is 76.1 Å². The summed E-state index contributed by atoms with van der Waals surface area (Å²) < 4.78 is 5.95. The van der Waals surface area contributed by atoms with Gasteiger partial charge in [0.25, 0.3) is 0 Å². The van der Waals surface area contributed by atoms with Crippen LogP contribution in [0, 0.1) is 0 Å². The van der Waals surface area contributed by atoms with Gasteiger partial charge in [0, 0.05) is 16.8 Å². The van der Waals surface area contributed by atoms with E-state index in [4.69, 9.17) is 4.74 Å². The average Bonchev–Trinajstić information content (AvgIpc) is 2.59. The Bertz CT molecular complexity index is 858. The fourth-order valence-electron chi connectivity index (χ4n) is 2.62. The molecule has 1 aromatic heterocycles. The molecular weight excluding hydrogens is 354 g/mol. The van der Waals surface area contributed by atoms with Gasteiger partial charge in [0.2, 0.25) is 5.56 Å². The molecule has 0 saturated carbocycles. The number of aromatic nitrogens is 1. The number of rotatable bonds is 5. The van der Waals surface area contributed by atoms with E-state index in [1.165, 1.54) is 5.56 Å². The maximum atomic E-state index is 11.7. The average molecular weight is 372 g/mol. The molecule has 1 atom stereocenters. The molecule has 23 heavy (non-hydrogen) atoms. The number of benzene rings is 2. The van der Waals surface area contributed by atoms with Crippen LogP contribution in [0.5, 0.6) is 5.75 Å². The summed E-state index contributed by atoms with van der Waals surface area (Å²) >= 11 is 3.53. The molecule has 1 N–H and O–H groups in total. The van der Waals surface area contributed by atoms with E-state index in [1.807, 2.05) is 42.5 Å². The zero-order valence-corrected chi connectivity index (χ0v) is 14.5. The summed E-state index contributed by atoms with van der Waals surface area (Å²) in [5, 5.41) is 1.90. The van der Waals surface area contributed by atoms with E-state index in [-0.39, 0.29) is 5.56 Å². The quantitative estimate of drug-likeness (QED) is 0.665. The minimum Gasteiger partial charge on any atom is -0.487 e. The van der Waals surface area contributed by atoms with E-state index in [0.717, 1.165) is 21.8 Å². The summed E-state index contributed by atoms with van der Waals surface area (Å²) in [4.78, 5) is 14.7. The predicted octanol–water partition coefficient (Wildman–Crippen LogP) is 4.61. The summed E-state index contributed by atoms with van der Waals surface area (Å²) in [6.45, 7) is 2.62. The van der Waals surface area contributed by atoms with E-state index in [1.54, 1.807) is 6.07 Å². The van der Waals surface area contributed by atoms with Crippen molar-refractivity contribution < 1.29 is 4.74 Å². The van der Waals surface area contributed by atoms with Crippen LogP contribution in [-0.2, 0) is 6.61 Å². The maximum absolute atomic E-state index is 11.7. The van der Waals surface area contributed by atoms with Crippen molar-refractivity contribution in [3.8, 4) is 5.75 Å². The van der Waals surface area contributed by atoms with Gasteiger partial charge >= 0.3 is 0 Å². The highest BCUT2D eigenvalue weighted by Gasteiger charge is 2.12. The van der Waals surface area contributed by atoms with Gasteiger partial charge in [-0.25, -0.2) is 0 Å². The molecule has 0 aliphatic heterocycles. The molecule has 3 aromatic rings. The molecule has 3 rings (SSSR count). The van der Waals surface area contributed by atoms with Crippen LogP contribution >= 0.6 is 15.9 Å². The van der Waals surface area contributed by atoms with Crippen LogP contribution in [0.25, 0.3) is 10.9 Å². The van der Waals surface area contributed by atoms with Gasteiger partial charge in [-0.15, -0.1) is 0 Å². The molecule has 2 aromatic carbocycles. The molecular formula is C19H18BrNO2. The van der Waals surface area contributed by atoms with Gasteiger partial charge in [0.1, 0.15) is 12.4 Å². The third-order valence-electron chi connectivity index (χ3n) is 3.89. The van der Waals surface area contributed by atoms with Crippen LogP contribution in [0.3, 0.4) is 0 Å². The first-order valence-electron chi connectivity index (χ1n) is 7.57. The van der Waals surface area contributed by atoms with Crippen molar-refractivity contribution in [3.63, 3.8) is 0 Å². The number of hydrogen-bond acceptors (Lipinski definition) is 2. The monoisotopic (exact) mass is 371 g/mol. The molecule has 0 radical (unpaired) electrons. The van der Waals surface area contributed by atoms with Crippen molar-refractivity contribution in [1.82, 2.24) is 4.98 Å². The van der Waals surface area contributed by atoms with Gasteiger partial charge < -0.3 is 9.72 Å². The van der Waals surface area contributed by atoms with Crippen LogP contribution < -0.4 is 10.3 Å². The number of ether oxygens (including phenoxy) is 1. The first-order chi connectivity index (χ1) is 11.2. The lowest BCUT2D eigenvalue weighted by atomic mass is 9.98. The Morgan fingerprint density at radius 3 is 2.61 bits per heavy atom.